The molecule has 3 aromatic heterocycles. The highest BCUT2D eigenvalue weighted by Crippen LogP contribution is 2.30. The van der Waals surface area contributed by atoms with Crippen molar-refractivity contribution in [1.29, 1.82) is 0 Å². The van der Waals surface area contributed by atoms with Crippen LogP contribution in [0.3, 0.4) is 0 Å². The Morgan fingerprint density at radius 2 is 1.62 bits per heavy atom. The van der Waals surface area contributed by atoms with Crippen LogP contribution in [0.4, 0.5) is 0 Å². The van der Waals surface area contributed by atoms with Gasteiger partial charge in [0.1, 0.15) is 17.7 Å². The summed E-state index contributed by atoms with van der Waals surface area (Å²) in [5.41, 5.74) is 2.73. The zero-order chi connectivity index (χ0) is 17.6. The fourth-order valence-electron chi connectivity index (χ4n) is 2.67. The van der Waals surface area contributed by atoms with Crippen molar-refractivity contribution in [2.75, 3.05) is 13.2 Å². The number of nitrogens with zero attached hydrogens (tertiary/aromatic N) is 4. The number of benzene rings is 1. The fourth-order valence-corrected chi connectivity index (χ4v) is 2.67. The van der Waals surface area contributed by atoms with Crippen LogP contribution >= 0.6 is 0 Å². The van der Waals surface area contributed by atoms with E-state index in [9.17, 15) is 0 Å². The van der Waals surface area contributed by atoms with Crippen molar-refractivity contribution in [2.45, 2.75) is 6.42 Å². The Morgan fingerprint density at radius 3 is 2.46 bits per heavy atom. The lowest BCUT2D eigenvalue weighted by Gasteiger charge is -2.09. The van der Waals surface area contributed by atoms with E-state index in [1.807, 2.05) is 59.1 Å². The SMILES string of the molecule is c1ccc(-c2nc3ccccn3c2OCCCOc2cncnc2)cc1. The summed E-state index contributed by atoms with van der Waals surface area (Å²) >= 11 is 0. The molecule has 0 bridgehead atoms. The lowest BCUT2D eigenvalue weighted by Crippen LogP contribution is -2.07. The molecule has 0 saturated heterocycles. The van der Waals surface area contributed by atoms with Crippen LogP contribution in [0.25, 0.3) is 16.9 Å². The van der Waals surface area contributed by atoms with E-state index in [0.717, 1.165) is 29.2 Å². The first-order chi connectivity index (χ1) is 12.9. The molecule has 0 radical (unpaired) electrons. The predicted molar refractivity (Wildman–Crippen MR) is 98.3 cm³/mol. The Balaban J connectivity index is 1.47. The van der Waals surface area contributed by atoms with Gasteiger partial charge in [0.2, 0.25) is 5.88 Å². The summed E-state index contributed by atoms with van der Waals surface area (Å²) in [7, 11) is 0. The molecule has 0 aliphatic carbocycles. The molecular formula is C20H18N4O2. The topological polar surface area (TPSA) is 61.5 Å². The van der Waals surface area contributed by atoms with Gasteiger partial charge in [-0.15, -0.1) is 0 Å². The smallest absolute Gasteiger partial charge is 0.226 e. The molecule has 0 aliphatic heterocycles. The molecule has 0 unspecified atom stereocenters. The van der Waals surface area contributed by atoms with Gasteiger partial charge in [-0.1, -0.05) is 36.4 Å². The second kappa shape index (κ2) is 7.65. The van der Waals surface area contributed by atoms with E-state index in [-0.39, 0.29) is 0 Å². The van der Waals surface area contributed by atoms with Crippen LogP contribution in [-0.2, 0) is 0 Å². The van der Waals surface area contributed by atoms with Crippen LogP contribution in [0.15, 0.2) is 73.4 Å². The summed E-state index contributed by atoms with van der Waals surface area (Å²) in [5, 5.41) is 0. The van der Waals surface area contributed by atoms with Gasteiger partial charge in [-0.3, -0.25) is 4.40 Å². The molecule has 130 valence electrons. The quantitative estimate of drug-likeness (QED) is 0.478. The molecule has 6 nitrogen and oxygen atoms in total. The standard InChI is InChI=1S/C20H18N4O2/c1-2-7-16(8-3-1)19-20(24-10-5-4-9-18(24)23-19)26-12-6-11-25-17-13-21-15-22-14-17/h1-5,7-10,13-15H,6,11-12H2. The highest BCUT2D eigenvalue weighted by molar-refractivity contribution is 5.69. The first kappa shape index (κ1) is 16.1. The summed E-state index contributed by atoms with van der Waals surface area (Å²) in [6.07, 6.45) is 7.47. The Hall–Kier alpha value is -3.41. The molecule has 0 aliphatic rings. The maximum absolute atomic E-state index is 6.07. The number of fused-ring (bicyclic) bond motifs is 1. The van der Waals surface area contributed by atoms with Crippen LogP contribution in [0.2, 0.25) is 0 Å². The molecule has 4 rings (SSSR count). The number of aromatic nitrogens is 4. The van der Waals surface area contributed by atoms with Crippen molar-refractivity contribution >= 4 is 5.65 Å². The maximum atomic E-state index is 6.07. The minimum atomic E-state index is 0.524. The van der Waals surface area contributed by atoms with Crippen molar-refractivity contribution < 1.29 is 9.47 Å². The first-order valence-electron chi connectivity index (χ1n) is 8.45. The second-order valence-corrected chi connectivity index (χ2v) is 5.69. The molecule has 1 aromatic carbocycles. The third-order valence-electron chi connectivity index (χ3n) is 3.87. The Bertz CT molecular complexity index is 971. The van der Waals surface area contributed by atoms with E-state index < -0.39 is 0 Å². The van der Waals surface area contributed by atoms with Gasteiger partial charge in [-0.25, -0.2) is 15.0 Å². The van der Waals surface area contributed by atoms with Gasteiger partial charge < -0.3 is 9.47 Å². The molecule has 4 aromatic rings. The second-order valence-electron chi connectivity index (χ2n) is 5.69. The fraction of sp³-hybridized carbons (Fsp3) is 0.150. The average Bonchev–Trinajstić information content (AvgIpc) is 3.08. The number of imidazole rings is 1. The highest BCUT2D eigenvalue weighted by Gasteiger charge is 2.14. The predicted octanol–water partition coefficient (Wildman–Crippen LogP) is 3.64. The number of ether oxygens (including phenoxy) is 2. The zero-order valence-corrected chi connectivity index (χ0v) is 14.2. The summed E-state index contributed by atoms with van der Waals surface area (Å²) in [4.78, 5) is 12.6. The van der Waals surface area contributed by atoms with Gasteiger partial charge in [0.05, 0.1) is 25.6 Å². The van der Waals surface area contributed by atoms with Crippen molar-refractivity contribution in [1.82, 2.24) is 19.4 Å². The largest absolute Gasteiger partial charge is 0.490 e. The normalized spacial score (nSPS) is 10.8. The lowest BCUT2D eigenvalue weighted by molar-refractivity contribution is 0.241. The zero-order valence-electron chi connectivity index (χ0n) is 14.2. The van der Waals surface area contributed by atoms with Crippen molar-refractivity contribution in [3.05, 3.63) is 73.4 Å². The molecule has 0 saturated carbocycles. The molecule has 0 spiro atoms. The van der Waals surface area contributed by atoms with Crippen molar-refractivity contribution in [3.8, 4) is 22.9 Å². The summed E-state index contributed by atoms with van der Waals surface area (Å²) in [6.45, 7) is 1.06. The molecule has 0 atom stereocenters. The van der Waals surface area contributed by atoms with E-state index in [2.05, 4.69) is 9.97 Å². The van der Waals surface area contributed by atoms with E-state index in [1.165, 1.54) is 6.33 Å². The molecule has 0 N–H and O–H groups in total. The molecular weight excluding hydrogens is 328 g/mol. The van der Waals surface area contributed by atoms with Gasteiger partial charge in [0.15, 0.2) is 5.75 Å². The summed E-state index contributed by atoms with van der Waals surface area (Å²) in [5.74, 6) is 1.40. The van der Waals surface area contributed by atoms with Crippen LogP contribution in [0, 0.1) is 0 Å². The molecule has 0 amide bonds. The highest BCUT2D eigenvalue weighted by atomic mass is 16.5. The third-order valence-corrected chi connectivity index (χ3v) is 3.87. The molecule has 6 heteroatoms. The summed E-state index contributed by atoms with van der Waals surface area (Å²) < 4.78 is 13.6. The van der Waals surface area contributed by atoms with Gasteiger partial charge >= 0.3 is 0 Å². The average molecular weight is 346 g/mol. The Kier molecular flexibility index (Phi) is 4.73. The first-order valence-corrected chi connectivity index (χ1v) is 8.45. The summed E-state index contributed by atoms with van der Waals surface area (Å²) in [6, 6.07) is 16.0. The number of hydrogen-bond acceptors (Lipinski definition) is 5. The van der Waals surface area contributed by atoms with Crippen LogP contribution in [0.5, 0.6) is 11.6 Å². The van der Waals surface area contributed by atoms with E-state index >= 15 is 0 Å². The van der Waals surface area contributed by atoms with E-state index in [1.54, 1.807) is 12.4 Å². The Morgan fingerprint density at radius 1 is 0.846 bits per heavy atom. The monoisotopic (exact) mass is 346 g/mol. The van der Waals surface area contributed by atoms with Gasteiger partial charge in [-0.2, -0.15) is 0 Å². The molecule has 0 fully saturated rings. The minimum Gasteiger partial charge on any atom is -0.490 e. The number of hydrogen-bond donors (Lipinski definition) is 0. The van der Waals surface area contributed by atoms with Crippen LogP contribution in [-0.4, -0.2) is 32.6 Å². The molecule has 3 heterocycles. The van der Waals surface area contributed by atoms with E-state index in [4.69, 9.17) is 14.5 Å². The number of rotatable bonds is 7. The maximum Gasteiger partial charge on any atom is 0.226 e. The van der Waals surface area contributed by atoms with Gasteiger partial charge in [0.25, 0.3) is 0 Å². The minimum absolute atomic E-state index is 0.524. The number of pyridine rings is 1. The van der Waals surface area contributed by atoms with Gasteiger partial charge in [-0.05, 0) is 12.1 Å². The van der Waals surface area contributed by atoms with Gasteiger partial charge in [0, 0.05) is 18.2 Å². The third kappa shape index (κ3) is 3.49. The Labute approximate surface area is 151 Å². The van der Waals surface area contributed by atoms with Crippen LogP contribution in [0.1, 0.15) is 6.42 Å². The van der Waals surface area contributed by atoms with Crippen LogP contribution < -0.4 is 9.47 Å². The lowest BCUT2D eigenvalue weighted by atomic mass is 10.2. The molecule has 26 heavy (non-hydrogen) atoms. The van der Waals surface area contributed by atoms with E-state index in [0.29, 0.717) is 19.0 Å². The van der Waals surface area contributed by atoms with Crippen molar-refractivity contribution in [2.24, 2.45) is 0 Å². The van der Waals surface area contributed by atoms with Crippen molar-refractivity contribution in [3.63, 3.8) is 0 Å².